The second kappa shape index (κ2) is 7.73. The van der Waals surface area contributed by atoms with E-state index in [1.54, 1.807) is 0 Å². The highest BCUT2D eigenvalue weighted by Gasteiger charge is 2.17. The van der Waals surface area contributed by atoms with E-state index in [-0.39, 0.29) is 12.5 Å². The molecule has 0 spiro atoms. The number of ether oxygens (including phenoxy) is 1. The highest BCUT2D eigenvalue weighted by Crippen LogP contribution is 2.31. The van der Waals surface area contributed by atoms with E-state index in [0.717, 1.165) is 28.0 Å². The summed E-state index contributed by atoms with van der Waals surface area (Å²) < 4.78 is 5.81. The van der Waals surface area contributed by atoms with E-state index in [2.05, 4.69) is 55.6 Å². The summed E-state index contributed by atoms with van der Waals surface area (Å²) in [5.74, 6) is 0.720. The standard InChI is InChI=1S/C25H23NO2/c1-17-3-7-19(8-4-17)15-26-25(27)23-14-22-13-21(11-12-24(22)28-16-23)20-9-5-18(2)6-10-20/h3-14H,15-16H2,1-2H3,(H,26,27). The molecular weight excluding hydrogens is 346 g/mol. The zero-order valence-corrected chi connectivity index (χ0v) is 16.2. The SMILES string of the molecule is Cc1ccc(CNC(=O)C2=Cc3cc(-c4ccc(C)cc4)ccc3OC2)cc1. The molecule has 1 aliphatic heterocycles. The van der Waals surface area contributed by atoms with Gasteiger partial charge in [-0.2, -0.15) is 0 Å². The van der Waals surface area contributed by atoms with Crippen molar-refractivity contribution in [3.63, 3.8) is 0 Å². The quantitative estimate of drug-likeness (QED) is 0.698. The van der Waals surface area contributed by atoms with Crippen LogP contribution in [0.3, 0.4) is 0 Å². The van der Waals surface area contributed by atoms with Crippen molar-refractivity contribution in [3.05, 3.63) is 94.6 Å². The van der Waals surface area contributed by atoms with Gasteiger partial charge in [0.15, 0.2) is 0 Å². The highest BCUT2D eigenvalue weighted by molar-refractivity contribution is 5.99. The van der Waals surface area contributed by atoms with Gasteiger partial charge in [0.1, 0.15) is 12.4 Å². The van der Waals surface area contributed by atoms with Gasteiger partial charge >= 0.3 is 0 Å². The number of carbonyl (C=O) groups excluding carboxylic acids is 1. The van der Waals surface area contributed by atoms with Gasteiger partial charge in [0, 0.05) is 12.1 Å². The largest absolute Gasteiger partial charge is 0.488 e. The molecule has 0 aromatic heterocycles. The lowest BCUT2D eigenvalue weighted by atomic mass is 9.99. The minimum atomic E-state index is -0.0908. The van der Waals surface area contributed by atoms with Crippen LogP contribution >= 0.6 is 0 Å². The number of amides is 1. The molecule has 3 heteroatoms. The summed E-state index contributed by atoms with van der Waals surface area (Å²) >= 11 is 0. The fourth-order valence-electron chi connectivity index (χ4n) is 3.24. The molecule has 0 fully saturated rings. The molecular formula is C25H23NO2. The van der Waals surface area contributed by atoms with E-state index in [9.17, 15) is 4.79 Å². The summed E-state index contributed by atoms with van der Waals surface area (Å²) in [5, 5.41) is 2.98. The van der Waals surface area contributed by atoms with Crippen molar-refractivity contribution in [2.75, 3.05) is 6.61 Å². The Balaban J connectivity index is 1.51. The topological polar surface area (TPSA) is 38.3 Å². The Morgan fingerprint density at radius 1 is 0.893 bits per heavy atom. The van der Waals surface area contributed by atoms with Crippen LogP contribution in [0.5, 0.6) is 5.75 Å². The van der Waals surface area contributed by atoms with Crippen LogP contribution in [-0.2, 0) is 11.3 Å². The van der Waals surface area contributed by atoms with Gasteiger partial charge in [-0.1, -0.05) is 65.7 Å². The first-order valence-electron chi connectivity index (χ1n) is 9.47. The maximum absolute atomic E-state index is 12.6. The predicted molar refractivity (Wildman–Crippen MR) is 113 cm³/mol. The van der Waals surface area contributed by atoms with E-state index in [1.165, 1.54) is 11.1 Å². The van der Waals surface area contributed by atoms with Crippen LogP contribution in [0.2, 0.25) is 0 Å². The lowest BCUT2D eigenvalue weighted by Gasteiger charge is -2.18. The first-order chi connectivity index (χ1) is 13.6. The first-order valence-corrected chi connectivity index (χ1v) is 9.47. The molecule has 3 aromatic rings. The summed E-state index contributed by atoms with van der Waals surface area (Å²) in [6.07, 6.45) is 1.93. The minimum Gasteiger partial charge on any atom is -0.488 e. The molecule has 28 heavy (non-hydrogen) atoms. The number of fused-ring (bicyclic) bond motifs is 1. The average molecular weight is 369 g/mol. The summed E-state index contributed by atoms with van der Waals surface area (Å²) in [4.78, 5) is 12.6. The molecule has 140 valence electrons. The molecule has 1 heterocycles. The zero-order valence-electron chi connectivity index (χ0n) is 16.2. The van der Waals surface area contributed by atoms with E-state index < -0.39 is 0 Å². The number of nitrogens with one attached hydrogen (secondary N) is 1. The van der Waals surface area contributed by atoms with Gasteiger partial charge < -0.3 is 10.1 Å². The molecule has 3 nitrogen and oxygen atoms in total. The van der Waals surface area contributed by atoms with E-state index >= 15 is 0 Å². The van der Waals surface area contributed by atoms with Gasteiger partial charge in [-0.15, -0.1) is 0 Å². The van der Waals surface area contributed by atoms with Crippen molar-refractivity contribution in [2.45, 2.75) is 20.4 Å². The van der Waals surface area contributed by atoms with Crippen molar-refractivity contribution in [2.24, 2.45) is 0 Å². The number of hydrogen-bond donors (Lipinski definition) is 1. The van der Waals surface area contributed by atoms with Crippen molar-refractivity contribution in [3.8, 4) is 16.9 Å². The molecule has 3 aromatic carbocycles. The Kier molecular flexibility index (Phi) is 4.98. The van der Waals surface area contributed by atoms with E-state index in [0.29, 0.717) is 12.1 Å². The fourth-order valence-corrected chi connectivity index (χ4v) is 3.24. The van der Waals surface area contributed by atoms with Gasteiger partial charge in [0.2, 0.25) is 0 Å². The van der Waals surface area contributed by atoms with E-state index in [1.807, 2.05) is 36.4 Å². The molecule has 0 saturated carbocycles. The van der Waals surface area contributed by atoms with Crippen molar-refractivity contribution in [1.82, 2.24) is 5.32 Å². The Morgan fingerprint density at radius 2 is 1.54 bits per heavy atom. The number of aryl methyl sites for hydroxylation is 2. The van der Waals surface area contributed by atoms with Crippen LogP contribution in [0, 0.1) is 13.8 Å². The van der Waals surface area contributed by atoms with Crippen LogP contribution in [0.4, 0.5) is 0 Å². The van der Waals surface area contributed by atoms with Crippen LogP contribution in [0.1, 0.15) is 22.3 Å². The van der Waals surface area contributed by atoms with Crippen LogP contribution in [-0.4, -0.2) is 12.5 Å². The normalized spacial score (nSPS) is 12.6. The zero-order chi connectivity index (χ0) is 19.5. The Labute approximate surface area is 165 Å². The highest BCUT2D eigenvalue weighted by atomic mass is 16.5. The van der Waals surface area contributed by atoms with Crippen molar-refractivity contribution >= 4 is 12.0 Å². The predicted octanol–water partition coefficient (Wildman–Crippen LogP) is 5.06. The monoisotopic (exact) mass is 369 g/mol. The van der Waals surface area contributed by atoms with Gasteiger partial charge in [0.25, 0.3) is 5.91 Å². The lowest BCUT2D eigenvalue weighted by Crippen LogP contribution is -2.28. The van der Waals surface area contributed by atoms with Gasteiger partial charge in [-0.25, -0.2) is 0 Å². The second-order valence-electron chi connectivity index (χ2n) is 7.25. The Bertz CT molecular complexity index is 1030. The van der Waals surface area contributed by atoms with Gasteiger partial charge in [0.05, 0.1) is 5.57 Å². The summed E-state index contributed by atoms with van der Waals surface area (Å²) in [6.45, 7) is 4.92. The third-order valence-electron chi connectivity index (χ3n) is 4.97. The number of carbonyl (C=O) groups is 1. The average Bonchev–Trinajstić information content (AvgIpc) is 2.73. The third kappa shape index (κ3) is 3.99. The first kappa shape index (κ1) is 18.1. The Hall–Kier alpha value is -3.33. The van der Waals surface area contributed by atoms with Crippen molar-refractivity contribution < 1.29 is 9.53 Å². The molecule has 0 bridgehead atoms. The minimum absolute atomic E-state index is 0.0908. The van der Waals surface area contributed by atoms with Crippen LogP contribution in [0.25, 0.3) is 17.2 Å². The summed E-state index contributed by atoms with van der Waals surface area (Å²) in [6, 6.07) is 22.7. The molecule has 4 rings (SSSR count). The molecule has 1 amide bonds. The summed E-state index contributed by atoms with van der Waals surface area (Å²) in [7, 11) is 0. The molecule has 1 N–H and O–H groups in total. The van der Waals surface area contributed by atoms with Crippen LogP contribution in [0.15, 0.2) is 72.3 Å². The fraction of sp³-hybridized carbons (Fsp3) is 0.160. The molecule has 0 aliphatic carbocycles. The molecule has 0 unspecified atom stereocenters. The molecule has 1 aliphatic rings. The molecule has 0 radical (unpaired) electrons. The van der Waals surface area contributed by atoms with E-state index in [4.69, 9.17) is 4.74 Å². The number of hydrogen-bond acceptors (Lipinski definition) is 2. The summed E-state index contributed by atoms with van der Waals surface area (Å²) in [5.41, 5.74) is 7.36. The maximum atomic E-state index is 12.6. The van der Waals surface area contributed by atoms with Crippen molar-refractivity contribution in [1.29, 1.82) is 0 Å². The molecule has 0 saturated heterocycles. The van der Waals surface area contributed by atoms with Gasteiger partial charge in [-0.3, -0.25) is 4.79 Å². The smallest absolute Gasteiger partial charge is 0.250 e. The van der Waals surface area contributed by atoms with Crippen LogP contribution < -0.4 is 10.1 Å². The molecule has 0 atom stereocenters. The third-order valence-corrected chi connectivity index (χ3v) is 4.97. The number of benzene rings is 3. The lowest BCUT2D eigenvalue weighted by molar-refractivity contribution is -0.117. The second-order valence-corrected chi connectivity index (χ2v) is 7.25. The van der Waals surface area contributed by atoms with Gasteiger partial charge in [-0.05, 0) is 48.7 Å². The maximum Gasteiger partial charge on any atom is 0.250 e. The Morgan fingerprint density at radius 3 is 2.25 bits per heavy atom. The number of rotatable bonds is 4.